The summed E-state index contributed by atoms with van der Waals surface area (Å²) in [5.41, 5.74) is 5.58. The minimum absolute atomic E-state index is 0.177. The molecule has 1 heterocycles. The van der Waals surface area contributed by atoms with E-state index in [0.29, 0.717) is 11.4 Å². The van der Waals surface area contributed by atoms with Crippen LogP contribution in [0.2, 0.25) is 0 Å². The van der Waals surface area contributed by atoms with Crippen molar-refractivity contribution < 1.29 is 5.11 Å². The summed E-state index contributed by atoms with van der Waals surface area (Å²) in [5.74, 6) is 0.846. The second-order valence-electron chi connectivity index (χ2n) is 4.91. The van der Waals surface area contributed by atoms with E-state index in [1.54, 1.807) is 24.4 Å². The molecule has 22 heavy (non-hydrogen) atoms. The molecule has 0 aliphatic rings. The number of phenolic OH excluding ortho intramolecular Hbond substituents is 1. The van der Waals surface area contributed by atoms with Gasteiger partial charge in [-0.1, -0.05) is 34.1 Å². The van der Waals surface area contributed by atoms with E-state index in [2.05, 4.69) is 31.4 Å². The van der Waals surface area contributed by atoms with Crippen LogP contribution in [-0.4, -0.2) is 16.3 Å². The van der Waals surface area contributed by atoms with Crippen LogP contribution in [0.25, 0.3) is 10.9 Å². The third kappa shape index (κ3) is 3.09. The van der Waals surface area contributed by atoms with Crippen LogP contribution in [0.1, 0.15) is 11.1 Å². The van der Waals surface area contributed by atoms with Crippen molar-refractivity contribution in [1.82, 2.24) is 4.98 Å². The highest BCUT2D eigenvalue weighted by Crippen LogP contribution is 2.21. The minimum atomic E-state index is 0.177. The second kappa shape index (κ2) is 6.15. The Bertz CT molecular complexity index is 862. The topological polar surface area (TPSA) is 57.5 Å². The fourth-order valence-corrected chi connectivity index (χ4v) is 2.58. The van der Waals surface area contributed by atoms with E-state index in [0.717, 1.165) is 20.9 Å². The fraction of sp³-hybridized carbons (Fsp3) is 0.0588. The number of nitrogens with zero attached hydrogens (tertiary/aromatic N) is 2. The highest BCUT2D eigenvalue weighted by molar-refractivity contribution is 9.10. The van der Waals surface area contributed by atoms with Gasteiger partial charge in [0.15, 0.2) is 0 Å². The molecule has 0 aliphatic carbocycles. The number of benzene rings is 2. The zero-order valence-corrected chi connectivity index (χ0v) is 13.5. The van der Waals surface area contributed by atoms with Gasteiger partial charge >= 0.3 is 0 Å². The van der Waals surface area contributed by atoms with Crippen LogP contribution >= 0.6 is 15.9 Å². The lowest BCUT2D eigenvalue weighted by Crippen LogP contribution is -1.95. The molecule has 5 heteroatoms. The Kier molecular flexibility index (Phi) is 4.06. The van der Waals surface area contributed by atoms with Gasteiger partial charge in [-0.15, -0.1) is 0 Å². The summed E-state index contributed by atoms with van der Waals surface area (Å²) >= 11 is 3.36. The van der Waals surface area contributed by atoms with Gasteiger partial charge in [0.05, 0.1) is 11.7 Å². The van der Waals surface area contributed by atoms with E-state index >= 15 is 0 Å². The summed E-state index contributed by atoms with van der Waals surface area (Å²) in [6.07, 6.45) is 1.56. The van der Waals surface area contributed by atoms with E-state index in [1.165, 1.54) is 0 Å². The van der Waals surface area contributed by atoms with Crippen LogP contribution in [0.4, 0.5) is 5.82 Å². The monoisotopic (exact) mass is 355 g/mol. The Morgan fingerprint density at radius 2 is 2.00 bits per heavy atom. The maximum atomic E-state index is 9.76. The van der Waals surface area contributed by atoms with Crippen molar-refractivity contribution in [2.75, 3.05) is 5.43 Å². The number of hydrogen-bond acceptors (Lipinski definition) is 4. The van der Waals surface area contributed by atoms with Gasteiger partial charge in [0.2, 0.25) is 0 Å². The average Bonchev–Trinajstić information content (AvgIpc) is 2.51. The van der Waals surface area contributed by atoms with Crippen molar-refractivity contribution in [1.29, 1.82) is 0 Å². The number of para-hydroxylation sites is 1. The first-order chi connectivity index (χ1) is 10.6. The number of rotatable bonds is 3. The lowest BCUT2D eigenvalue weighted by Gasteiger charge is -2.05. The number of aromatic hydroxyl groups is 1. The van der Waals surface area contributed by atoms with Crippen LogP contribution in [0, 0.1) is 6.92 Å². The van der Waals surface area contributed by atoms with E-state index < -0.39 is 0 Å². The number of phenols is 1. The molecule has 0 unspecified atom stereocenters. The van der Waals surface area contributed by atoms with Crippen molar-refractivity contribution in [3.63, 3.8) is 0 Å². The smallest absolute Gasteiger partial charge is 0.147 e. The van der Waals surface area contributed by atoms with Gasteiger partial charge in [-0.2, -0.15) is 5.10 Å². The third-order valence-electron chi connectivity index (χ3n) is 3.30. The Morgan fingerprint density at radius 1 is 1.18 bits per heavy atom. The van der Waals surface area contributed by atoms with Crippen LogP contribution in [0.5, 0.6) is 5.75 Å². The first kappa shape index (κ1) is 14.5. The molecular formula is C17H14BrN3O. The number of fused-ring (bicyclic) bond motifs is 1. The summed E-state index contributed by atoms with van der Waals surface area (Å²) in [6, 6.07) is 15.1. The normalized spacial score (nSPS) is 11.2. The van der Waals surface area contributed by atoms with Crippen molar-refractivity contribution in [2.45, 2.75) is 6.92 Å². The van der Waals surface area contributed by atoms with Crippen molar-refractivity contribution in [2.24, 2.45) is 5.10 Å². The number of nitrogens with one attached hydrogen (secondary N) is 1. The van der Waals surface area contributed by atoms with Crippen LogP contribution in [0.15, 0.2) is 58.1 Å². The number of hydrogen-bond donors (Lipinski definition) is 2. The molecule has 1 aromatic heterocycles. The SMILES string of the molecule is Cc1cc(NN=Cc2cc(Br)ccc2O)nc2ccccc12. The summed E-state index contributed by atoms with van der Waals surface area (Å²) in [5, 5.41) is 15.0. The molecule has 0 atom stereocenters. The lowest BCUT2D eigenvalue weighted by atomic mass is 10.1. The Morgan fingerprint density at radius 3 is 2.86 bits per heavy atom. The number of aromatic nitrogens is 1. The standard InChI is InChI=1S/C17H14BrN3O/c1-11-8-17(20-15-5-3-2-4-14(11)15)21-19-10-12-9-13(18)6-7-16(12)22/h2-10,22H,1H3,(H,20,21). The van der Waals surface area contributed by atoms with Gasteiger partial charge in [-0.25, -0.2) is 4.98 Å². The molecule has 0 bridgehead atoms. The zero-order chi connectivity index (χ0) is 15.5. The Labute approximate surface area is 136 Å². The maximum absolute atomic E-state index is 9.76. The quantitative estimate of drug-likeness (QED) is 0.538. The number of pyridine rings is 1. The van der Waals surface area contributed by atoms with Crippen molar-refractivity contribution in [3.8, 4) is 5.75 Å². The molecule has 0 fully saturated rings. The minimum Gasteiger partial charge on any atom is -0.507 e. The van der Waals surface area contributed by atoms with Crippen LogP contribution in [0.3, 0.4) is 0 Å². The van der Waals surface area contributed by atoms with Gasteiger partial charge in [-0.05, 0) is 42.8 Å². The van der Waals surface area contributed by atoms with E-state index in [4.69, 9.17) is 0 Å². The molecule has 0 saturated carbocycles. The Balaban J connectivity index is 1.84. The van der Waals surface area contributed by atoms with E-state index in [1.807, 2.05) is 37.3 Å². The molecule has 3 rings (SSSR count). The maximum Gasteiger partial charge on any atom is 0.147 e. The highest BCUT2D eigenvalue weighted by Gasteiger charge is 2.02. The summed E-state index contributed by atoms with van der Waals surface area (Å²) in [6.45, 7) is 2.04. The Hall–Kier alpha value is -2.40. The summed E-state index contributed by atoms with van der Waals surface area (Å²) in [4.78, 5) is 4.51. The summed E-state index contributed by atoms with van der Waals surface area (Å²) < 4.78 is 0.881. The fourth-order valence-electron chi connectivity index (χ4n) is 2.20. The van der Waals surface area contributed by atoms with Gasteiger partial charge in [0.25, 0.3) is 0 Å². The second-order valence-corrected chi connectivity index (χ2v) is 5.83. The highest BCUT2D eigenvalue weighted by atomic mass is 79.9. The summed E-state index contributed by atoms with van der Waals surface area (Å²) in [7, 11) is 0. The predicted molar refractivity (Wildman–Crippen MR) is 93.5 cm³/mol. The molecule has 0 spiro atoms. The van der Waals surface area contributed by atoms with Gasteiger partial charge in [0, 0.05) is 15.4 Å². The molecule has 0 amide bonds. The van der Waals surface area contributed by atoms with Gasteiger partial charge in [0.1, 0.15) is 11.6 Å². The molecule has 0 radical (unpaired) electrons. The number of anilines is 1. The van der Waals surface area contributed by atoms with Gasteiger partial charge < -0.3 is 5.11 Å². The molecule has 3 aromatic rings. The zero-order valence-electron chi connectivity index (χ0n) is 11.9. The molecule has 2 N–H and O–H groups in total. The molecule has 4 nitrogen and oxygen atoms in total. The lowest BCUT2D eigenvalue weighted by molar-refractivity contribution is 0.474. The molecule has 0 aliphatic heterocycles. The number of halogens is 1. The van der Waals surface area contributed by atoms with Crippen molar-refractivity contribution >= 4 is 38.9 Å². The van der Waals surface area contributed by atoms with Crippen LogP contribution < -0.4 is 5.43 Å². The molecule has 110 valence electrons. The largest absolute Gasteiger partial charge is 0.507 e. The van der Waals surface area contributed by atoms with Crippen LogP contribution in [-0.2, 0) is 0 Å². The van der Waals surface area contributed by atoms with Gasteiger partial charge in [-0.3, -0.25) is 5.43 Å². The van der Waals surface area contributed by atoms with E-state index in [9.17, 15) is 5.11 Å². The number of aryl methyl sites for hydroxylation is 1. The molecule has 2 aromatic carbocycles. The third-order valence-corrected chi connectivity index (χ3v) is 3.79. The predicted octanol–water partition coefficient (Wildman–Crippen LogP) is 4.46. The number of hydrazone groups is 1. The first-order valence-corrected chi connectivity index (χ1v) is 7.57. The molecular weight excluding hydrogens is 342 g/mol. The molecule has 0 saturated heterocycles. The first-order valence-electron chi connectivity index (χ1n) is 6.77. The van der Waals surface area contributed by atoms with E-state index in [-0.39, 0.29) is 5.75 Å². The van der Waals surface area contributed by atoms with Crippen molar-refractivity contribution in [3.05, 3.63) is 64.1 Å². The average molecular weight is 356 g/mol.